The Morgan fingerprint density at radius 3 is 3.06 bits per heavy atom. The Balaban J connectivity index is 1.92. The second-order valence-electron chi connectivity index (χ2n) is 4.88. The van der Waals surface area contributed by atoms with Gasteiger partial charge in [0, 0.05) is 12.6 Å². The monoisotopic (exact) mass is 235 g/mol. The predicted molar refractivity (Wildman–Crippen MR) is 61.8 cm³/mol. The summed E-state index contributed by atoms with van der Waals surface area (Å²) in [6.07, 6.45) is 6.76. The Hall–Kier alpha value is -1.36. The number of aromatic nitrogens is 2. The molecule has 1 saturated heterocycles. The van der Waals surface area contributed by atoms with Crippen LogP contribution in [0.25, 0.3) is 0 Å². The second-order valence-corrected chi connectivity index (χ2v) is 4.88. The number of hydrogen-bond donors (Lipinski definition) is 2. The maximum atomic E-state index is 11.2. The summed E-state index contributed by atoms with van der Waals surface area (Å²) in [5, 5.41) is 12.6. The Morgan fingerprint density at radius 1 is 1.47 bits per heavy atom. The number of fused-ring (bicyclic) bond motifs is 1. The highest BCUT2D eigenvalue weighted by molar-refractivity contribution is 5.72. The van der Waals surface area contributed by atoms with E-state index >= 15 is 0 Å². The van der Waals surface area contributed by atoms with Crippen LogP contribution in [-0.2, 0) is 11.2 Å². The van der Waals surface area contributed by atoms with Crippen LogP contribution in [0.2, 0.25) is 0 Å². The van der Waals surface area contributed by atoms with Gasteiger partial charge in [-0.05, 0) is 32.2 Å². The molecule has 2 aliphatic rings. The van der Waals surface area contributed by atoms with Gasteiger partial charge in [-0.2, -0.15) is 0 Å². The summed E-state index contributed by atoms with van der Waals surface area (Å²) in [5.74, 6) is 0.196. The first-order valence-electron chi connectivity index (χ1n) is 6.29. The van der Waals surface area contributed by atoms with Crippen molar-refractivity contribution in [1.82, 2.24) is 14.9 Å². The maximum absolute atomic E-state index is 11.2. The lowest BCUT2D eigenvalue weighted by molar-refractivity contribution is -0.141. The molecular formula is C12H17N3O2. The van der Waals surface area contributed by atoms with Crippen LogP contribution < -0.4 is 5.32 Å². The van der Waals surface area contributed by atoms with E-state index in [1.54, 1.807) is 0 Å². The summed E-state index contributed by atoms with van der Waals surface area (Å²) in [4.78, 5) is 15.8. The first-order valence-corrected chi connectivity index (χ1v) is 6.29. The first kappa shape index (κ1) is 10.8. The zero-order chi connectivity index (χ0) is 11.8. The number of imidazole rings is 1. The smallest absolute Gasteiger partial charge is 0.326 e. The van der Waals surface area contributed by atoms with Gasteiger partial charge >= 0.3 is 5.97 Å². The van der Waals surface area contributed by atoms with Crippen molar-refractivity contribution in [2.45, 2.75) is 44.2 Å². The minimum atomic E-state index is -0.741. The van der Waals surface area contributed by atoms with E-state index in [-0.39, 0.29) is 0 Å². The second kappa shape index (κ2) is 4.14. The van der Waals surface area contributed by atoms with Crippen molar-refractivity contribution < 1.29 is 9.90 Å². The van der Waals surface area contributed by atoms with Crippen molar-refractivity contribution in [3.8, 4) is 0 Å². The fourth-order valence-corrected chi connectivity index (χ4v) is 2.85. The summed E-state index contributed by atoms with van der Waals surface area (Å²) in [6.45, 7) is 1.04. The summed E-state index contributed by atoms with van der Waals surface area (Å²) in [6, 6.07) is -0.0936. The van der Waals surface area contributed by atoms with Crippen molar-refractivity contribution in [1.29, 1.82) is 0 Å². The van der Waals surface area contributed by atoms with Crippen molar-refractivity contribution in [3.05, 3.63) is 17.7 Å². The summed E-state index contributed by atoms with van der Waals surface area (Å²) in [5.41, 5.74) is 1.02. The van der Waals surface area contributed by atoms with Gasteiger partial charge in [0.15, 0.2) is 0 Å². The number of carbonyl (C=O) groups is 1. The van der Waals surface area contributed by atoms with E-state index < -0.39 is 12.0 Å². The number of rotatable bonds is 2. The number of nitrogens with zero attached hydrogens (tertiary/aromatic N) is 2. The van der Waals surface area contributed by atoms with E-state index in [1.807, 2.05) is 10.8 Å². The summed E-state index contributed by atoms with van der Waals surface area (Å²) in [7, 11) is 0. The molecule has 2 N–H and O–H groups in total. The zero-order valence-corrected chi connectivity index (χ0v) is 9.72. The van der Waals surface area contributed by atoms with Crippen LogP contribution in [0.3, 0.4) is 0 Å². The fraction of sp³-hybridized carbons (Fsp3) is 0.667. The molecular weight excluding hydrogens is 218 g/mol. The molecule has 0 aliphatic carbocycles. The third-order valence-electron chi connectivity index (χ3n) is 3.74. The molecule has 1 fully saturated rings. The molecule has 92 valence electrons. The Bertz CT molecular complexity index is 435. The molecule has 3 rings (SSSR count). The molecule has 3 heterocycles. The number of aliphatic carboxylic acids is 1. The Kier molecular flexibility index (Phi) is 2.63. The van der Waals surface area contributed by atoms with Crippen molar-refractivity contribution in [3.63, 3.8) is 0 Å². The lowest BCUT2D eigenvalue weighted by atomic mass is 10.1. The number of aryl methyl sites for hydroxylation is 1. The molecule has 0 spiro atoms. The Labute approximate surface area is 99.8 Å². The largest absolute Gasteiger partial charge is 0.480 e. The predicted octanol–water partition coefficient (Wildman–Crippen LogP) is 1.27. The van der Waals surface area contributed by atoms with Gasteiger partial charge in [-0.15, -0.1) is 0 Å². The van der Waals surface area contributed by atoms with Gasteiger partial charge in [-0.3, -0.25) is 0 Å². The van der Waals surface area contributed by atoms with Crippen LogP contribution in [0.4, 0.5) is 0 Å². The number of nitrogens with one attached hydrogen (secondary N) is 1. The minimum Gasteiger partial charge on any atom is -0.480 e. The molecule has 17 heavy (non-hydrogen) atoms. The maximum Gasteiger partial charge on any atom is 0.326 e. The van der Waals surface area contributed by atoms with Crippen molar-refractivity contribution >= 4 is 5.97 Å². The van der Waals surface area contributed by atoms with Crippen LogP contribution in [0.5, 0.6) is 0 Å². The lowest BCUT2D eigenvalue weighted by Crippen LogP contribution is -2.24. The third kappa shape index (κ3) is 1.84. The van der Waals surface area contributed by atoms with Crippen LogP contribution >= 0.6 is 0 Å². The minimum absolute atomic E-state index is 0.322. The highest BCUT2D eigenvalue weighted by atomic mass is 16.4. The van der Waals surface area contributed by atoms with E-state index in [9.17, 15) is 9.90 Å². The normalized spacial score (nSPS) is 28.0. The number of hydrogen-bond acceptors (Lipinski definition) is 3. The quantitative estimate of drug-likeness (QED) is 0.810. The molecule has 0 aromatic carbocycles. The van der Waals surface area contributed by atoms with Gasteiger partial charge in [0.05, 0.1) is 11.7 Å². The Morgan fingerprint density at radius 2 is 2.35 bits per heavy atom. The molecule has 5 heteroatoms. The lowest BCUT2D eigenvalue weighted by Gasteiger charge is -2.20. The zero-order valence-electron chi connectivity index (χ0n) is 9.72. The first-order chi connectivity index (χ1) is 8.25. The molecule has 2 atom stereocenters. The molecule has 2 unspecified atom stereocenters. The summed E-state index contributed by atoms with van der Waals surface area (Å²) >= 11 is 0. The van der Waals surface area contributed by atoms with Gasteiger partial charge in [-0.1, -0.05) is 0 Å². The van der Waals surface area contributed by atoms with Crippen LogP contribution in [0.15, 0.2) is 6.20 Å². The standard InChI is InChI=1S/C12H17N3O2/c16-12(17)10-4-1-5-11-14-9(7-15(10)11)8-3-2-6-13-8/h7-8,10,13H,1-6H2,(H,16,17). The average molecular weight is 235 g/mol. The topological polar surface area (TPSA) is 67.2 Å². The van der Waals surface area contributed by atoms with Gasteiger partial charge < -0.3 is 15.0 Å². The third-order valence-corrected chi connectivity index (χ3v) is 3.74. The summed E-state index contributed by atoms with van der Waals surface area (Å²) < 4.78 is 1.86. The number of carboxylic acids is 1. The van der Waals surface area contributed by atoms with Crippen molar-refractivity contribution in [2.75, 3.05) is 6.54 Å². The molecule has 0 saturated carbocycles. The van der Waals surface area contributed by atoms with Gasteiger partial charge in [-0.25, -0.2) is 9.78 Å². The van der Waals surface area contributed by atoms with E-state index in [4.69, 9.17) is 0 Å². The molecule has 0 bridgehead atoms. The molecule has 2 aliphatic heterocycles. The van der Waals surface area contributed by atoms with Gasteiger partial charge in [0.25, 0.3) is 0 Å². The van der Waals surface area contributed by atoms with E-state index in [0.29, 0.717) is 6.04 Å². The average Bonchev–Trinajstić information content (AvgIpc) is 2.96. The van der Waals surface area contributed by atoms with E-state index in [1.165, 1.54) is 6.42 Å². The number of carboxylic acid groups (broad SMARTS) is 1. The molecule has 0 radical (unpaired) electrons. The van der Waals surface area contributed by atoms with Crippen LogP contribution in [0.1, 0.15) is 49.3 Å². The van der Waals surface area contributed by atoms with E-state index in [2.05, 4.69) is 10.3 Å². The molecule has 1 aromatic rings. The SMILES string of the molecule is O=C(O)C1CCCc2nc(C3CCCN3)cn21. The molecule has 5 nitrogen and oxygen atoms in total. The fourth-order valence-electron chi connectivity index (χ4n) is 2.85. The molecule has 0 amide bonds. The van der Waals surface area contributed by atoms with Crippen LogP contribution in [-0.4, -0.2) is 27.2 Å². The van der Waals surface area contributed by atoms with Crippen molar-refractivity contribution in [2.24, 2.45) is 0 Å². The highest BCUT2D eigenvalue weighted by Crippen LogP contribution is 2.29. The molecule has 1 aromatic heterocycles. The van der Waals surface area contributed by atoms with Crippen LogP contribution in [0, 0.1) is 0 Å². The van der Waals surface area contributed by atoms with Gasteiger partial charge in [0.2, 0.25) is 0 Å². The highest BCUT2D eigenvalue weighted by Gasteiger charge is 2.29. The van der Waals surface area contributed by atoms with E-state index in [0.717, 1.165) is 43.7 Å². The van der Waals surface area contributed by atoms with Gasteiger partial charge in [0.1, 0.15) is 11.9 Å².